The van der Waals surface area contributed by atoms with Gasteiger partial charge in [0, 0.05) is 24.3 Å². The van der Waals surface area contributed by atoms with Crippen molar-refractivity contribution in [1.29, 1.82) is 0 Å². The summed E-state index contributed by atoms with van der Waals surface area (Å²) in [4.78, 5) is 0. The van der Waals surface area contributed by atoms with Crippen LogP contribution in [-0.4, -0.2) is 48.0 Å². The number of ether oxygens (including phenoxy) is 1. The number of thioether (sulfide) groups is 2. The smallest absolute Gasteiger partial charge is 0.175 e. The van der Waals surface area contributed by atoms with Crippen molar-refractivity contribution < 1.29 is 4.74 Å². The van der Waals surface area contributed by atoms with Crippen LogP contribution in [0.3, 0.4) is 0 Å². The fourth-order valence-corrected chi connectivity index (χ4v) is 4.71. The summed E-state index contributed by atoms with van der Waals surface area (Å²) >= 11 is 5.16. The van der Waals surface area contributed by atoms with Crippen molar-refractivity contribution in [3.63, 3.8) is 0 Å². The lowest BCUT2D eigenvalue weighted by molar-refractivity contribution is 0.179. The summed E-state index contributed by atoms with van der Waals surface area (Å²) in [7, 11) is 0. The Kier molecular flexibility index (Phi) is 6.93. The Balaban J connectivity index is 1.84. The highest BCUT2D eigenvalue weighted by Gasteiger charge is 2.25. The van der Waals surface area contributed by atoms with E-state index in [-0.39, 0.29) is 0 Å². The maximum Gasteiger partial charge on any atom is 0.175 e. The molecule has 0 bridgehead atoms. The number of hydrogen-bond acceptors (Lipinski definition) is 7. The zero-order valence-electron chi connectivity index (χ0n) is 11.4. The van der Waals surface area contributed by atoms with E-state index >= 15 is 0 Å². The maximum atomic E-state index is 5.51. The van der Waals surface area contributed by atoms with Gasteiger partial charge in [-0.05, 0) is 25.6 Å². The normalized spacial score (nSPS) is 20.8. The zero-order chi connectivity index (χ0) is 13.5. The summed E-state index contributed by atoms with van der Waals surface area (Å²) in [5.41, 5.74) is 0. The molecule has 1 aliphatic heterocycles. The summed E-state index contributed by atoms with van der Waals surface area (Å²) in [6.07, 6.45) is 4.38. The van der Waals surface area contributed by atoms with Crippen LogP contribution < -0.4 is 5.32 Å². The fourth-order valence-electron chi connectivity index (χ4n) is 2.06. The van der Waals surface area contributed by atoms with Crippen LogP contribution in [0, 0.1) is 5.92 Å². The molecule has 1 aromatic rings. The third kappa shape index (κ3) is 4.90. The van der Waals surface area contributed by atoms with Gasteiger partial charge >= 0.3 is 0 Å². The number of hydrogen-bond donors (Lipinski definition) is 1. The molecular weight excluding hydrogens is 298 g/mol. The van der Waals surface area contributed by atoms with Gasteiger partial charge in [0.15, 0.2) is 8.68 Å². The van der Waals surface area contributed by atoms with Crippen LogP contribution in [0.15, 0.2) is 8.68 Å². The van der Waals surface area contributed by atoms with Crippen LogP contribution >= 0.6 is 34.9 Å². The number of nitrogens with zero attached hydrogens (tertiary/aromatic N) is 2. The molecule has 1 aliphatic rings. The summed E-state index contributed by atoms with van der Waals surface area (Å²) in [5.74, 6) is 1.70. The summed E-state index contributed by atoms with van der Waals surface area (Å²) < 4.78 is 7.64. The molecule has 2 atom stereocenters. The Morgan fingerprint density at radius 3 is 2.95 bits per heavy atom. The van der Waals surface area contributed by atoms with Crippen molar-refractivity contribution in [3.8, 4) is 0 Å². The molecule has 1 aromatic heterocycles. The first-order chi connectivity index (χ1) is 9.33. The molecule has 0 spiro atoms. The SMILES string of the molecule is CCCNC(CSc1nnc(SC)s1)C1CCOC1. The number of rotatable bonds is 8. The number of aromatic nitrogens is 2. The lowest BCUT2D eigenvalue weighted by Crippen LogP contribution is -2.39. The highest BCUT2D eigenvalue weighted by molar-refractivity contribution is 8.03. The van der Waals surface area contributed by atoms with Gasteiger partial charge in [0.25, 0.3) is 0 Å². The molecule has 1 fully saturated rings. The Bertz CT molecular complexity index is 369. The fraction of sp³-hybridized carbons (Fsp3) is 0.833. The molecule has 0 aliphatic carbocycles. The second kappa shape index (κ2) is 8.46. The topological polar surface area (TPSA) is 47.0 Å². The lowest BCUT2D eigenvalue weighted by atomic mass is 10.0. The van der Waals surface area contributed by atoms with E-state index in [1.807, 2.05) is 18.0 Å². The average molecular weight is 320 g/mol. The minimum Gasteiger partial charge on any atom is -0.381 e. The molecule has 0 amide bonds. The van der Waals surface area contributed by atoms with Crippen LogP contribution in [0.5, 0.6) is 0 Å². The van der Waals surface area contributed by atoms with Crippen molar-refractivity contribution in [3.05, 3.63) is 0 Å². The van der Waals surface area contributed by atoms with E-state index in [0.717, 1.165) is 34.2 Å². The molecule has 7 heteroatoms. The first-order valence-electron chi connectivity index (χ1n) is 6.65. The van der Waals surface area contributed by atoms with Crippen molar-refractivity contribution in [2.75, 3.05) is 31.8 Å². The molecule has 0 aromatic carbocycles. The third-order valence-electron chi connectivity index (χ3n) is 3.14. The van der Waals surface area contributed by atoms with E-state index < -0.39 is 0 Å². The van der Waals surface area contributed by atoms with Gasteiger partial charge in [-0.2, -0.15) is 0 Å². The predicted octanol–water partition coefficient (Wildman–Crippen LogP) is 2.76. The molecule has 4 nitrogen and oxygen atoms in total. The largest absolute Gasteiger partial charge is 0.381 e. The molecule has 0 radical (unpaired) electrons. The second-order valence-electron chi connectivity index (χ2n) is 4.53. The molecular formula is C12H21N3OS3. The molecule has 19 heavy (non-hydrogen) atoms. The van der Waals surface area contributed by atoms with Crippen LogP contribution in [0.2, 0.25) is 0 Å². The van der Waals surface area contributed by atoms with E-state index in [0.29, 0.717) is 12.0 Å². The van der Waals surface area contributed by atoms with Crippen molar-refractivity contribution in [2.45, 2.75) is 34.5 Å². The van der Waals surface area contributed by atoms with Gasteiger partial charge in [0.05, 0.1) is 6.61 Å². The molecule has 108 valence electrons. The third-order valence-corrected chi connectivity index (χ3v) is 6.29. The average Bonchev–Trinajstić information content (AvgIpc) is 3.10. The molecule has 0 saturated carbocycles. The summed E-state index contributed by atoms with van der Waals surface area (Å²) in [6, 6.07) is 0.522. The van der Waals surface area contributed by atoms with Gasteiger partial charge < -0.3 is 10.1 Å². The van der Waals surface area contributed by atoms with Gasteiger partial charge in [-0.3, -0.25) is 0 Å². The maximum absolute atomic E-state index is 5.51. The van der Waals surface area contributed by atoms with Crippen molar-refractivity contribution in [1.82, 2.24) is 15.5 Å². The Hall–Kier alpha value is 0.180. The molecule has 1 N–H and O–H groups in total. The summed E-state index contributed by atoms with van der Waals surface area (Å²) in [6.45, 7) is 5.09. The van der Waals surface area contributed by atoms with Crippen LogP contribution in [-0.2, 0) is 4.74 Å². The first-order valence-corrected chi connectivity index (χ1v) is 9.67. The van der Waals surface area contributed by atoms with Gasteiger partial charge in [-0.1, -0.05) is 41.8 Å². The molecule has 2 heterocycles. The van der Waals surface area contributed by atoms with Gasteiger partial charge in [0.1, 0.15) is 0 Å². The Labute approximate surface area is 127 Å². The number of nitrogens with one attached hydrogen (secondary N) is 1. The first kappa shape index (κ1) is 15.6. The highest BCUT2D eigenvalue weighted by Crippen LogP contribution is 2.29. The lowest BCUT2D eigenvalue weighted by Gasteiger charge is -2.22. The minimum atomic E-state index is 0.522. The second-order valence-corrected chi connectivity index (χ2v) is 7.83. The van der Waals surface area contributed by atoms with E-state index in [9.17, 15) is 0 Å². The Morgan fingerprint density at radius 2 is 2.32 bits per heavy atom. The minimum absolute atomic E-state index is 0.522. The molecule has 2 rings (SSSR count). The van der Waals surface area contributed by atoms with Crippen LogP contribution in [0.4, 0.5) is 0 Å². The Morgan fingerprint density at radius 1 is 1.47 bits per heavy atom. The van der Waals surface area contributed by atoms with Crippen LogP contribution in [0.25, 0.3) is 0 Å². The van der Waals surface area contributed by atoms with E-state index in [1.165, 1.54) is 12.8 Å². The van der Waals surface area contributed by atoms with E-state index in [1.54, 1.807) is 23.1 Å². The predicted molar refractivity (Wildman–Crippen MR) is 83.4 cm³/mol. The van der Waals surface area contributed by atoms with Crippen molar-refractivity contribution >= 4 is 34.9 Å². The quantitative estimate of drug-likeness (QED) is 0.744. The molecule has 1 saturated heterocycles. The van der Waals surface area contributed by atoms with Gasteiger partial charge in [0.2, 0.25) is 0 Å². The van der Waals surface area contributed by atoms with E-state index in [4.69, 9.17) is 4.74 Å². The zero-order valence-corrected chi connectivity index (χ0v) is 13.9. The van der Waals surface area contributed by atoms with Crippen LogP contribution in [0.1, 0.15) is 19.8 Å². The highest BCUT2D eigenvalue weighted by atomic mass is 32.2. The standard InChI is InChI=1S/C12H21N3OS3/c1-3-5-13-10(9-4-6-16-7-9)8-18-12-15-14-11(17-2)19-12/h9-10,13H,3-8H2,1-2H3. The van der Waals surface area contributed by atoms with Crippen molar-refractivity contribution in [2.24, 2.45) is 5.92 Å². The van der Waals surface area contributed by atoms with E-state index in [2.05, 4.69) is 22.4 Å². The summed E-state index contributed by atoms with van der Waals surface area (Å²) in [5, 5.41) is 12.0. The van der Waals surface area contributed by atoms with Gasteiger partial charge in [-0.15, -0.1) is 10.2 Å². The van der Waals surface area contributed by atoms with Gasteiger partial charge in [-0.25, -0.2) is 0 Å². The monoisotopic (exact) mass is 319 g/mol. The molecule has 2 unspecified atom stereocenters.